The Morgan fingerprint density at radius 1 is 1.44 bits per heavy atom. The van der Waals surface area contributed by atoms with E-state index in [1.54, 1.807) is 11.0 Å². The quantitative estimate of drug-likeness (QED) is 0.274. The van der Waals surface area contributed by atoms with Crippen molar-refractivity contribution in [2.75, 3.05) is 20.8 Å². The van der Waals surface area contributed by atoms with E-state index in [4.69, 9.17) is 16.3 Å². The second-order valence-corrected chi connectivity index (χ2v) is 5.17. The average molecular weight is 286 g/mol. The van der Waals surface area contributed by atoms with Crippen molar-refractivity contribution in [2.24, 2.45) is 0 Å². The number of esters is 1. The molecule has 0 fully saturated rings. The second-order valence-electron chi connectivity index (χ2n) is 4.08. The molecule has 0 amide bonds. The van der Waals surface area contributed by atoms with Crippen LogP contribution in [0.2, 0.25) is 0 Å². The van der Waals surface area contributed by atoms with Crippen LogP contribution in [0.25, 0.3) is 0 Å². The van der Waals surface area contributed by atoms with Crippen LogP contribution in [0.4, 0.5) is 0 Å². The molecule has 0 aliphatic heterocycles. The number of alkyl halides is 1. The predicted octanol–water partition coefficient (Wildman–Crippen LogP) is 2.79. The van der Waals surface area contributed by atoms with E-state index in [-0.39, 0.29) is 18.1 Å². The van der Waals surface area contributed by atoms with Gasteiger partial charge in [0.05, 0.1) is 10.7 Å². The van der Waals surface area contributed by atoms with E-state index in [2.05, 4.69) is 9.24 Å². The molecular weight excluding hydrogens is 269 g/mol. The molecule has 1 aromatic rings. The van der Waals surface area contributed by atoms with Crippen molar-refractivity contribution >= 4 is 26.8 Å². The van der Waals surface area contributed by atoms with E-state index < -0.39 is 0 Å². The highest BCUT2D eigenvalue weighted by molar-refractivity contribution is 7.24. The van der Waals surface area contributed by atoms with Crippen LogP contribution in [0.1, 0.15) is 10.9 Å². The minimum absolute atomic E-state index is 0.253. The van der Waals surface area contributed by atoms with Gasteiger partial charge in [-0.15, -0.1) is 11.6 Å². The minimum Gasteiger partial charge on any atom is -0.446 e. The highest BCUT2D eigenvalue weighted by Gasteiger charge is 2.10. The summed E-state index contributed by atoms with van der Waals surface area (Å²) in [7, 11) is 6.01. The zero-order chi connectivity index (χ0) is 13.5. The van der Waals surface area contributed by atoms with Gasteiger partial charge in [-0.3, -0.25) is 4.90 Å². The number of hydrogen-bond donors (Lipinski definition) is 0. The number of allylic oxidation sites excluding steroid dienone is 1. The van der Waals surface area contributed by atoms with E-state index in [1.165, 1.54) is 0 Å². The Hall–Kier alpha value is -0.890. The summed E-state index contributed by atoms with van der Waals surface area (Å²) in [5.74, 6) is -0.379. The van der Waals surface area contributed by atoms with Gasteiger partial charge in [0, 0.05) is 0 Å². The lowest BCUT2D eigenvalue weighted by molar-refractivity contribution is -0.141. The van der Waals surface area contributed by atoms with Crippen molar-refractivity contribution in [2.45, 2.75) is 5.38 Å². The maximum absolute atomic E-state index is 11.6. The van der Waals surface area contributed by atoms with Crippen molar-refractivity contribution in [3.8, 4) is 0 Å². The normalized spacial score (nSPS) is 13.5. The van der Waals surface area contributed by atoms with E-state index in [1.807, 2.05) is 44.4 Å². The lowest BCUT2D eigenvalue weighted by Gasteiger charge is -2.11. The fourth-order valence-electron chi connectivity index (χ4n) is 1.23. The number of hydrogen-bond acceptors (Lipinski definition) is 3. The summed E-state index contributed by atoms with van der Waals surface area (Å²) in [6, 6.07) is 9.56. The van der Waals surface area contributed by atoms with Gasteiger partial charge in [-0.1, -0.05) is 39.6 Å². The summed E-state index contributed by atoms with van der Waals surface area (Å²) in [6.07, 6.45) is 1.67. The standard InChI is InChI=1S/C13H17ClNO2P/c1-15(2)9-17-13(16)12(18)8-11(14)10-6-4-3-5-7-10/h3-8,11H,9,18H2,1-2H3. The molecule has 2 unspecified atom stereocenters. The molecule has 0 aliphatic carbocycles. The van der Waals surface area contributed by atoms with Crippen molar-refractivity contribution < 1.29 is 9.53 Å². The summed E-state index contributed by atoms with van der Waals surface area (Å²) in [4.78, 5) is 13.4. The van der Waals surface area contributed by atoms with E-state index in [0.29, 0.717) is 5.31 Å². The van der Waals surface area contributed by atoms with Crippen molar-refractivity contribution in [1.29, 1.82) is 0 Å². The van der Waals surface area contributed by atoms with Crippen molar-refractivity contribution in [1.82, 2.24) is 4.90 Å². The number of benzene rings is 1. The summed E-state index contributed by atoms with van der Waals surface area (Å²) in [6.45, 7) is 0.253. The first-order valence-electron chi connectivity index (χ1n) is 5.49. The number of halogens is 1. The number of ether oxygens (including phenoxy) is 1. The van der Waals surface area contributed by atoms with E-state index in [9.17, 15) is 4.79 Å². The van der Waals surface area contributed by atoms with Crippen LogP contribution < -0.4 is 0 Å². The third kappa shape index (κ3) is 5.18. The van der Waals surface area contributed by atoms with Crippen molar-refractivity contribution in [3.05, 3.63) is 47.3 Å². The molecule has 0 aromatic heterocycles. The number of carbonyl (C=O) groups excluding carboxylic acids is 1. The highest BCUT2D eigenvalue weighted by Crippen LogP contribution is 2.25. The Labute approximate surface area is 115 Å². The Kier molecular flexibility index (Phi) is 6.34. The van der Waals surface area contributed by atoms with Gasteiger partial charge in [0.2, 0.25) is 0 Å². The molecule has 3 nitrogen and oxygen atoms in total. The Morgan fingerprint density at radius 2 is 2.06 bits per heavy atom. The Balaban J connectivity index is 2.62. The minimum atomic E-state index is -0.379. The van der Waals surface area contributed by atoms with Crippen LogP contribution in [0.3, 0.4) is 0 Å². The number of rotatable bonds is 5. The van der Waals surface area contributed by atoms with Crippen LogP contribution in [-0.2, 0) is 9.53 Å². The molecule has 0 radical (unpaired) electrons. The first-order chi connectivity index (χ1) is 8.50. The lowest BCUT2D eigenvalue weighted by Crippen LogP contribution is -2.19. The Bertz CT molecular complexity index is 420. The number of nitrogens with zero attached hydrogens (tertiary/aromatic N) is 1. The largest absolute Gasteiger partial charge is 0.446 e. The molecule has 2 atom stereocenters. The molecule has 1 aromatic carbocycles. The maximum Gasteiger partial charge on any atom is 0.339 e. The fourth-order valence-corrected chi connectivity index (χ4v) is 1.91. The van der Waals surface area contributed by atoms with Gasteiger partial charge in [-0.05, 0) is 25.7 Å². The van der Waals surface area contributed by atoms with Gasteiger partial charge in [-0.2, -0.15) is 0 Å². The molecular formula is C13H17ClNO2P. The van der Waals surface area contributed by atoms with Gasteiger partial charge in [0.15, 0.2) is 0 Å². The topological polar surface area (TPSA) is 29.5 Å². The van der Waals surface area contributed by atoms with Crippen LogP contribution in [-0.4, -0.2) is 31.7 Å². The van der Waals surface area contributed by atoms with Gasteiger partial charge in [0.1, 0.15) is 6.73 Å². The molecule has 0 saturated heterocycles. The van der Waals surface area contributed by atoms with E-state index >= 15 is 0 Å². The second kappa shape index (κ2) is 7.52. The molecule has 18 heavy (non-hydrogen) atoms. The smallest absolute Gasteiger partial charge is 0.339 e. The van der Waals surface area contributed by atoms with Crippen LogP contribution in [0, 0.1) is 0 Å². The summed E-state index contributed by atoms with van der Waals surface area (Å²) in [5, 5.41) is 0.0892. The van der Waals surface area contributed by atoms with Gasteiger partial charge >= 0.3 is 5.97 Å². The van der Waals surface area contributed by atoms with E-state index in [0.717, 1.165) is 5.56 Å². The SMILES string of the molecule is CN(C)COC(=O)C(P)=CC(Cl)c1ccccc1. The molecule has 0 N–H and O–H groups in total. The summed E-state index contributed by atoms with van der Waals surface area (Å²) >= 11 is 6.20. The van der Waals surface area contributed by atoms with Gasteiger partial charge in [-0.25, -0.2) is 4.79 Å². The van der Waals surface area contributed by atoms with Crippen LogP contribution in [0.15, 0.2) is 41.7 Å². The average Bonchev–Trinajstić information content (AvgIpc) is 2.36. The molecule has 0 spiro atoms. The summed E-state index contributed by atoms with van der Waals surface area (Å²) < 4.78 is 5.04. The summed E-state index contributed by atoms with van der Waals surface area (Å²) in [5.41, 5.74) is 0.944. The van der Waals surface area contributed by atoms with Crippen LogP contribution >= 0.6 is 20.8 Å². The van der Waals surface area contributed by atoms with Crippen LogP contribution in [0.5, 0.6) is 0 Å². The molecule has 0 saturated carbocycles. The molecule has 0 bridgehead atoms. The highest BCUT2D eigenvalue weighted by atomic mass is 35.5. The fraction of sp³-hybridized carbons (Fsp3) is 0.308. The molecule has 1 rings (SSSR count). The number of carbonyl (C=O) groups is 1. The predicted molar refractivity (Wildman–Crippen MR) is 77.5 cm³/mol. The molecule has 5 heteroatoms. The third-order valence-corrected chi connectivity index (χ3v) is 2.94. The first-order valence-corrected chi connectivity index (χ1v) is 6.50. The zero-order valence-electron chi connectivity index (χ0n) is 10.5. The van der Waals surface area contributed by atoms with Gasteiger partial charge < -0.3 is 4.74 Å². The third-order valence-electron chi connectivity index (χ3n) is 2.13. The molecule has 0 heterocycles. The zero-order valence-corrected chi connectivity index (χ0v) is 12.4. The monoisotopic (exact) mass is 285 g/mol. The lowest BCUT2D eigenvalue weighted by atomic mass is 10.1. The first kappa shape index (κ1) is 15.2. The molecule has 0 aliphatic rings. The molecule has 98 valence electrons. The van der Waals surface area contributed by atoms with Gasteiger partial charge in [0.25, 0.3) is 0 Å². The maximum atomic E-state index is 11.6. The Morgan fingerprint density at radius 3 is 2.61 bits per heavy atom. The van der Waals surface area contributed by atoms with Crippen molar-refractivity contribution in [3.63, 3.8) is 0 Å².